The molecule has 0 spiro atoms. The van der Waals surface area contributed by atoms with E-state index in [1.54, 1.807) is 0 Å². The molecule has 53 heavy (non-hydrogen) atoms. The molecule has 4 nitrogen and oxygen atoms in total. The molecule has 0 N–H and O–H groups in total. The van der Waals surface area contributed by atoms with Crippen molar-refractivity contribution in [2.24, 2.45) is 0 Å². The van der Waals surface area contributed by atoms with Gasteiger partial charge in [-0.3, -0.25) is 0 Å². The van der Waals surface area contributed by atoms with Gasteiger partial charge in [-0.2, -0.15) is 0 Å². The first-order valence-corrected chi connectivity index (χ1v) is 18.2. The minimum Gasteiger partial charge on any atom is -0.454 e. The van der Waals surface area contributed by atoms with Gasteiger partial charge in [-0.15, -0.1) is 0 Å². The molecule has 10 aromatic rings. The van der Waals surface area contributed by atoms with Crippen molar-refractivity contribution in [1.82, 2.24) is 4.57 Å². The van der Waals surface area contributed by atoms with Crippen LogP contribution >= 0.6 is 0 Å². The third-order valence-electron chi connectivity index (χ3n) is 11.3. The summed E-state index contributed by atoms with van der Waals surface area (Å²) in [6, 6.07) is 65.8. The van der Waals surface area contributed by atoms with Gasteiger partial charge in [0.25, 0.3) is 0 Å². The Kier molecular flexibility index (Phi) is 5.83. The van der Waals surface area contributed by atoms with E-state index in [-0.39, 0.29) is 6.85 Å². The number of rotatable bonds is 4. The molecular formula is C48H30BN3O. The topological polar surface area (TPSA) is 24.6 Å². The van der Waals surface area contributed by atoms with E-state index < -0.39 is 0 Å². The number of fused-ring (bicyclic) bond motifs is 12. The summed E-state index contributed by atoms with van der Waals surface area (Å²) in [5.74, 6) is 0. The summed E-state index contributed by atoms with van der Waals surface area (Å²) in [7, 11) is 0. The standard InChI is InChI=1S/C48H30BN3O/c1-4-16-31(17-5-1)50(32-18-6-2-7-19-32)42-30-38-35-28-29-36-34-22-11-15-27-43(34)53-48(36)46(35)52(33-20-8-3-9-21-33)49-39-24-12-14-26-41(39)51-40-25-13-10-23-37(40)44(42)47(51)45(38)49/h1-30H. The Hall–Kier alpha value is -6.98. The summed E-state index contributed by atoms with van der Waals surface area (Å²) in [5, 5.41) is 4.73. The molecule has 2 aromatic heterocycles. The average molecular weight is 676 g/mol. The van der Waals surface area contributed by atoms with Gasteiger partial charge in [0.15, 0.2) is 5.58 Å². The molecule has 4 heterocycles. The highest BCUT2D eigenvalue weighted by Crippen LogP contribution is 2.52. The third-order valence-corrected chi connectivity index (χ3v) is 11.3. The molecule has 0 fully saturated rings. The van der Waals surface area contributed by atoms with Crippen LogP contribution in [-0.4, -0.2) is 11.4 Å². The van der Waals surface area contributed by atoms with Crippen LogP contribution in [0.5, 0.6) is 0 Å². The normalized spacial score (nSPS) is 12.8. The second kappa shape index (κ2) is 10.8. The molecule has 0 radical (unpaired) electrons. The van der Waals surface area contributed by atoms with E-state index in [0.717, 1.165) is 55.9 Å². The zero-order valence-electron chi connectivity index (χ0n) is 28.6. The van der Waals surface area contributed by atoms with Crippen molar-refractivity contribution in [2.75, 3.05) is 9.71 Å². The maximum Gasteiger partial charge on any atom is 0.333 e. The van der Waals surface area contributed by atoms with Crippen molar-refractivity contribution in [3.05, 3.63) is 182 Å². The van der Waals surface area contributed by atoms with Gasteiger partial charge in [0.1, 0.15) is 5.58 Å². The maximum absolute atomic E-state index is 6.91. The van der Waals surface area contributed by atoms with E-state index in [9.17, 15) is 0 Å². The zero-order chi connectivity index (χ0) is 34.6. The molecule has 2 aliphatic heterocycles. The molecule has 0 amide bonds. The van der Waals surface area contributed by atoms with E-state index in [4.69, 9.17) is 4.42 Å². The number of aromatic nitrogens is 1. The van der Waals surface area contributed by atoms with Crippen LogP contribution in [0.3, 0.4) is 0 Å². The van der Waals surface area contributed by atoms with Gasteiger partial charge in [-0.1, -0.05) is 115 Å². The summed E-state index contributed by atoms with van der Waals surface area (Å²) >= 11 is 0. The van der Waals surface area contributed by atoms with Crippen LogP contribution in [0.15, 0.2) is 186 Å². The van der Waals surface area contributed by atoms with E-state index in [1.807, 2.05) is 0 Å². The average Bonchev–Trinajstić information content (AvgIpc) is 3.79. The number of furan rings is 1. The molecule has 0 saturated carbocycles. The Morgan fingerprint density at radius 1 is 0.528 bits per heavy atom. The molecule has 0 aliphatic carbocycles. The van der Waals surface area contributed by atoms with Crippen molar-refractivity contribution in [3.63, 3.8) is 0 Å². The molecule has 0 bridgehead atoms. The highest BCUT2D eigenvalue weighted by Gasteiger charge is 2.46. The second-order valence-corrected chi connectivity index (χ2v) is 14.0. The Balaban J connectivity index is 1.32. The van der Waals surface area contributed by atoms with Crippen molar-refractivity contribution < 1.29 is 4.42 Å². The van der Waals surface area contributed by atoms with Crippen LogP contribution in [0.2, 0.25) is 0 Å². The van der Waals surface area contributed by atoms with Crippen LogP contribution < -0.4 is 20.6 Å². The van der Waals surface area contributed by atoms with Crippen molar-refractivity contribution in [3.8, 4) is 16.8 Å². The number of nitrogens with zero attached hydrogens (tertiary/aromatic N) is 3. The minimum atomic E-state index is -0.106. The second-order valence-electron chi connectivity index (χ2n) is 14.0. The number of hydrogen-bond acceptors (Lipinski definition) is 3. The summed E-state index contributed by atoms with van der Waals surface area (Å²) in [4.78, 5) is 4.98. The molecule has 0 saturated heterocycles. The minimum absolute atomic E-state index is 0.106. The lowest BCUT2D eigenvalue weighted by Gasteiger charge is -2.42. The number of para-hydroxylation sites is 6. The van der Waals surface area contributed by atoms with Gasteiger partial charge in [-0.05, 0) is 83.2 Å². The highest BCUT2D eigenvalue weighted by molar-refractivity contribution is 6.94. The van der Waals surface area contributed by atoms with Crippen molar-refractivity contribution in [2.45, 2.75) is 0 Å². The fraction of sp³-hybridized carbons (Fsp3) is 0. The van der Waals surface area contributed by atoms with Gasteiger partial charge in [-0.25, -0.2) is 0 Å². The predicted molar refractivity (Wildman–Crippen MR) is 222 cm³/mol. The number of anilines is 5. The lowest BCUT2D eigenvalue weighted by molar-refractivity contribution is 0.669. The largest absolute Gasteiger partial charge is 0.454 e. The van der Waals surface area contributed by atoms with Crippen LogP contribution in [-0.2, 0) is 0 Å². The molecule has 246 valence electrons. The summed E-state index contributed by atoms with van der Waals surface area (Å²) in [5.41, 5.74) is 16.0. The fourth-order valence-corrected chi connectivity index (χ4v) is 9.25. The lowest BCUT2D eigenvalue weighted by atomic mass is 9.44. The van der Waals surface area contributed by atoms with Gasteiger partial charge in [0.05, 0.1) is 22.4 Å². The Morgan fingerprint density at radius 2 is 1.17 bits per heavy atom. The van der Waals surface area contributed by atoms with E-state index in [0.29, 0.717) is 0 Å². The molecule has 0 unspecified atom stereocenters. The Morgan fingerprint density at radius 3 is 1.94 bits per heavy atom. The Bertz CT molecular complexity index is 3040. The van der Waals surface area contributed by atoms with Gasteiger partial charge in [0, 0.05) is 49.9 Å². The molecule has 0 atom stereocenters. The van der Waals surface area contributed by atoms with Crippen LogP contribution in [0.25, 0.3) is 60.6 Å². The van der Waals surface area contributed by atoms with E-state index in [2.05, 4.69) is 196 Å². The van der Waals surface area contributed by atoms with Crippen molar-refractivity contribution in [1.29, 1.82) is 0 Å². The molecular weight excluding hydrogens is 645 g/mol. The zero-order valence-corrected chi connectivity index (χ0v) is 28.6. The van der Waals surface area contributed by atoms with Crippen molar-refractivity contribution >= 4 is 90.0 Å². The number of benzene rings is 8. The fourth-order valence-electron chi connectivity index (χ4n) is 9.25. The summed E-state index contributed by atoms with van der Waals surface area (Å²) < 4.78 is 9.44. The van der Waals surface area contributed by atoms with Crippen LogP contribution in [0, 0.1) is 0 Å². The quantitative estimate of drug-likeness (QED) is 0.174. The molecule has 12 rings (SSSR count). The maximum atomic E-state index is 6.91. The SMILES string of the molecule is c1ccc(N2B3c4ccccc4-n4c5ccccc5c5c(N(c6ccccc6)c6ccccc6)cc(c3c54)-c3ccc4c(oc5ccccc54)c32)cc1. The smallest absolute Gasteiger partial charge is 0.333 e. The van der Waals surface area contributed by atoms with Gasteiger partial charge < -0.3 is 18.7 Å². The van der Waals surface area contributed by atoms with E-state index >= 15 is 0 Å². The Labute approximate surface area is 306 Å². The van der Waals surface area contributed by atoms with Crippen LogP contribution in [0.4, 0.5) is 28.4 Å². The number of hydrogen-bond donors (Lipinski definition) is 0. The first kappa shape index (κ1) is 28.7. The van der Waals surface area contributed by atoms with Gasteiger partial charge in [0.2, 0.25) is 0 Å². The monoisotopic (exact) mass is 675 g/mol. The predicted octanol–water partition coefficient (Wildman–Crippen LogP) is 11.4. The molecule has 8 aromatic carbocycles. The molecule has 2 aliphatic rings. The van der Waals surface area contributed by atoms with Gasteiger partial charge >= 0.3 is 6.85 Å². The van der Waals surface area contributed by atoms with E-state index in [1.165, 1.54) is 44.0 Å². The highest BCUT2D eigenvalue weighted by atomic mass is 16.3. The molecule has 5 heteroatoms. The third kappa shape index (κ3) is 3.86. The lowest BCUT2D eigenvalue weighted by Crippen LogP contribution is -2.60. The summed E-state index contributed by atoms with van der Waals surface area (Å²) in [6.45, 7) is -0.106. The first-order chi connectivity index (χ1) is 26.3. The summed E-state index contributed by atoms with van der Waals surface area (Å²) in [6.07, 6.45) is 0. The van der Waals surface area contributed by atoms with Crippen LogP contribution in [0.1, 0.15) is 0 Å². The first-order valence-electron chi connectivity index (χ1n) is 18.2.